The van der Waals surface area contributed by atoms with E-state index in [-0.39, 0.29) is 5.91 Å². The van der Waals surface area contributed by atoms with Crippen molar-refractivity contribution in [2.45, 2.75) is 18.9 Å². The molecule has 1 amide bonds. The molecule has 1 N–H and O–H groups in total. The van der Waals surface area contributed by atoms with Gasteiger partial charge in [-0.3, -0.25) is 14.8 Å². The molecule has 1 fully saturated rings. The van der Waals surface area contributed by atoms with Gasteiger partial charge >= 0.3 is 0 Å². The molecule has 0 atom stereocenters. The van der Waals surface area contributed by atoms with Crippen molar-refractivity contribution in [3.05, 3.63) is 60.8 Å². The zero-order valence-electron chi connectivity index (χ0n) is 13.8. The minimum atomic E-state index is -0.0408. The van der Waals surface area contributed by atoms with Gasteiger partial charge in [0.05, 0.1) is 11.7 Å². The van der Waals surface area contributed by atoms with E-state index in [1.165, 1.54) is 6.20 Å². The third-order valence-electron chi connectivity index (χ3n) is 4.57. The maximum atomic E-state index is 12.4. The summed E-state index contributed by atoms with van der Waals surface area (Å²) < 4.78 is 0. The Kier molecular flexibility index (Phi) is 4.24. The number of rotatable bonds is 3. The SMILES string of the molecule is O=C(c1cnccn1)N1CCC(Nc2ccnc3ccccc23)CC1. The average molecular weight is 333 g/mol. The molecule has 0 spiro atoms. The Labute approximate surface area is 145 Å². The van der Waals surface area contributed by atoms with E-state index in [2.05, 4.69) is 26.3 Å². The lowest BCUT2D eigenvalue weighted by molar-refractivity contribution is 0.0712. The highest BCUT2D eigenvalue weighted by atomic mass is 16.2. The molecule has 4 rings (SSSR count). The molecule has 3 aromatic rings. The Hall–Kier alpha value is -3.02. The van der Waals surface area contributed by atoms with Crippen molar-refractivity contribution in [3.8, 4) is 0 Å². The molecule has 6 heteroatoms. The molecule has 0 radical (unpaired) electrons. The van der Waals surface area contributed by atoms with E-state index >= 15 is 0 Å². The summed E-state index contributed by atoms with van der Waals surface area (Å²) in [5.41, 5.74) is 2.50. The number of para-hydroxylation sites is 1. The standard InChI is InChI=1S/C19H19N5O/c25-19(18-13-20-9-10-22-18)24-11-6-14(7-12-24)23-17-5-8-21-16-4-2-1-3-15(16)17/h1-5,8-10,13-14H,6-7,11-12H2,(H,21,23). The summed E-state index contributed by atoms with van der Waals surface area (Å²) in [6.07, 6.45) is 8.29. The number of aromatic nitrogens is 3. The lowest BCUT2D eigenvalue weighted by Gasteiger charge is -2.32. The van der Waals surface area contributed by atoms with Gasteiger partial charge in [-0.2, -0.15) is 0 Å². The van der Waals surface area contributed by atoms with Crippen LogP contribution in [0.1, 0.15) is 23.3 Å². The summed E-state index contributed by atoms with van der Waals surface area (Å²) in [7, 11) is 0. The predicted molar refractivity (Wildman–Crippen MR) is 96.3 cm³/mol. The Morgan fingerprint density at radius 3 is 2.68 bits per heavy atom. The fourth-order valence-corrected chi connectivity index (χ4v) is 3.24. The third-order valence-corrected chi connectivity index (χ3v) is 4.57. The van der Waals surface area contributed by atoms with Gasteiger partial charge in [-0.1, -0.05) is 18.2 Å². The second kappa shape index (κ2) is 6.84. The second-order valence-electron chi connectivity index (χ2n) is 6.18. The van der Waals surface area contributed by atoms with Gasteiger partial charge in [0.25, 0.3) is 5.91 Å². The number of nitrogens with zero attached hydrogens (tertiary/aromatic N) is 4. The number of amides is 1. The van der Waals surface area contributed by atoms with Crippen molar-refractivity contribution in [3.63, 3.8) is 0 Å². The quantitative estimate of drug-likeness (QED) is 0.798. The van der Waals surface area contributed by atoms with Crippen LogP contribution in [0.25, 0.3) is 10.9 Å². The van der Waals surface area contributed by atoms with E-state index in [0.29, 0.717) is 11.7 Å². The molecule has 0 saturated carbocycles. The van der Waals surface area contributed by atoms with Crippen molar-refractivity contribution >= 4 is 22.5 Å². The molecule has 1 aliphatic rings. The van der Waals surface area contributed by atoms with Gasteiger partial charge in [0, 0.05) is 48.8 Å². The van der Waals surface area contributed by atoms with Crippen LogP contribution >= 0.6 is 0 Å². The summed E-state index contributed by atoms with van der Waals surface area (Å²) in [4.78, 5) is 26.8. The van der Waals surface area contributed by atoms with Crippen molar-refractivity contribution in [1.29, 1.82) is 0 Å². The number of carbonyl (C=O) groups excluding carboxylic acids is 1. The van der Waals surface area contributed by atoms with Crippen LogP contribution in [-0.4, -0.2) is 44.9 Å². The lowest BCUT2D eigenvalue weighted by atomic mass is 10.0. The van der Waals surface area contributed by atoms with Gasteiger partial charge in [-0.25, -0.2) is 4.98 Å². The molecular weight excluding hydrogens is 314 g/mol. The Morgan fingerprint density at radius 1 is 1.04 bits per heavy atom. The number of pyridine rings is 1. The normalized spacial score (nSPS) is 15.3. The molecule has 3 heterocycles. The van der Waals surface area contributed by atoms with Gasteiger partial charge in [-0.05, 0) is 25.0 Å². The van der Waals surface area contributed by atoms with Gasteiger partial charge < -0.3 is 10.2 Å². The number of carbonyl (C=O) groups is 1. The molecule has 126 valence electrons. The summed E-state index contributed by atoms with van der Waals surface area (Å²) in [6.45, 7) is 1.44. The Balaban J connectivity index is 1.41. The number of hydrogen-bond acceptors (Lipinski definition) is 5. The van der Waals surface area contributed by atoms with Gasteiger partial charge in [0.2, 0.25) is 0 Å². The maximum absolute atomic E-state index is 12.4. The van der Waals surface area contributed by atoms with Crippen LogP contribution in [-0.2, 0) is 0 Å². The summed E-state index contributed by atoms with van der Waals surface area (Å²) in [5.74, 6) is -0.0408. The predicted octanol–water partition coefficient (Wildman–Crippen LogP) is 2.74. The van der Waals surface area contributed by atoms with Crippen LogP contribution in [0.2, 0.25) is 0 Å². The van der Waals surface area contributed by atoms with E-state index in [1.807, 2.05) is 35.4 Å². The largest absolute Gasteiger partial charge is 0.382 e. The first-order valence-electron chi connectivity index (χ1n) is 8.47. The van der Waals surface area contributed by atoms with Crippen molar-refractivity contribution < 1.29 is 4.79 Å². The first-order chi connectivity index (χ1) is 12.3. The van der Waals surface area contributed by atoms with Crippen LogP contribution in [0, 0.1) is 0 Å². The van der Waals surface area contributed by atoms with Gasteiger partial charge in [0.1, 0.15) is 5.69 Å². The molecule has 0 unspecified atom stereocenters. The maximum Gasteiger partial charge on any atom is 0.274 e. The van der Waals surface area contributed by atoms with E-state index in [1.54, 1.807) is 12.4 Å². The number of benzene rings is 1. The minimum absolute atomic E-state index is 0.0408. The molecule has 0 bridgehead atoms. The van der Waals surface area contributed by atoms with Gasteiger partial charge in [-0.15, -0.1) is 0 Å². The van der Waals surface area contributed by atoms with Gasteiger partial charge in [0.15, 0.2) is 0 Å². The molecule has 1 aromatic carbocycles. The molecule has 1 aliphatic heterocycles. The summed E-state index contributed by atoms with van der Waals surface area (Å²) >= 11 is 0. The van der Waals surface area contributed by atoms with Crippen LogP contribution in [0.3, 0.4) is 0 Å². The smallest absolute Gasteiger partial charge is 0.274 e. The fourth-order valence-electron chi connectivity index (χ4n) is 3.24. The highest BCUT2D eigenvalue weighted by Gasteiger charge is 2.24. The number of piperidine rings is 1. The Morgan fingerprint density at radius 2 is 1.88 bits per heavy atom. The molecule has 25 heavy (non-hydrogen) atoms. The van der Waals surface area contributed by atoms with Crippen molar-refractivity contribution in [1.82, 2.24) is 19.9 Å². The molecular formula is C19H19N5O. The van der Waals surface area contributed by atoms with E-state index < -0.39 is 0 Å². The molecule has 0 aliphatic carbocycles. The van der Waals surface area contributed by atoms with E-state index in [9.17, 15) is 4.79 Å². The van der Waals surface area contributed by atoms with Crippen LogP contribution in [0.15, 0.2) is 55.1 Å². The highest BCUT2D eigenvalue weighted by Crippen LogP contribution is 2.24. The third kappa shape index (κ3) is 3.28. The fraction of sp³-hybridized carbons (Fsp3) is 0.263. The Bertz CT molecular complexity index is 870. The summed E-state index contributed by atoms with van der Waals surface area (Å²) in [6, 6.07) is 10.5. The zero-order chi connectivity index (χ0) is 17.1. The molecule has 6 nitrogen and oxygen atoms in total. The van der Waals surface area contributed by atoms with Crippen molar-refractivity contribution in [2.24, 2.45) is 0 Å². The average Bonchev–Trinajstić information content (AvgIpc) is 2.69. The number of nitrogens with one attached hydrogen (secondary N) is 1. The monoisotopic (exact) mass is 333 g/mol. The number of anilines is 1. The zero-order valence-corrected chi connectivity index (χ0v) is 13.8. The van der Waals surface area contributed by atoms with Crippen molar-refractivity contribution in [2.75, 3.05) is 18.4 Å². The summed E-state index contributed by atoms with van der Waals surface area (Å²) in [5, 5.41) is 4.74. The topological polar surface area (TPSA) is 71.0 Å². The van der Waals surface area contributed by atoms with Crippen LogP contribution < -0.4 is 5.32 Å². The van der Waals surface area contributed by atoms with E-state index in [0.717, 1.165) is 42.5 Å². The number of hydrogen-bond donors (Lipinski definition) is 1. The number of fused-ring (bicyclic) bond motifs is 1. The first kappa shape index (κ1) is 15.5. The van der Waals surface area contributed by atoms with Crippen LogP contribution in [0.4, 0.5) is 5.69 Å². The van der Waals surface area contributed by atoms with E-state index in [4.69, 9.17) is 0 Å². The second-order valence-corrected chi connectivity index (χ2v) is 6.18. The lowest BCUT2D eigenvalue weighted by Crippen LogP contribution is -2.42. The molecule has 2 aromatic heterocycles. The van der Waals surface area contributed by atoms with Crippen LogP contribution in [0.5, 0.6) is 0 Å². The minimum Gasteiger partial charge on any atom is -0.382 e. The first-order valence-corrected chi connectivity index (χ1v) is 8.47. The number of likely N-dealkylation sites (tertiary alicyclic amines) is 1. The highest BCUT2D eigenvalue weighted by molar-refractivity contribution is 5.92. The molecule has 1 saturated heterocycles.